The van der Waals surface area contributed by atoms with Crippen molar-refractivity contribution in [1.29, 1.82) is 0 Å². The highest BCUT2D eigenvalue weighted by Gasteiger charge is 2.34. The molecule has 1 atom stereocenters. The molecule has 4 rings (SSSR count). The first-order chi connectivity index (χ1) is 17.3. The Kier molecular flexibility index (Phi) is 8.41. The number of halogens is 1. The Balaban J connectivity index is 1.54. The van der Waals surface area contributed by atoms with Crippen LogP contribution in [0.4, 0.5) is 4.39 Å². The fourth-order valence-corrected chi connectivity index (χ4v) is 5.41. The van der Waals surface area contributed by atoms with Crippen LogP contribution in [0.2, 0.25) is 0 Å². The van der Waals surface area contributed by atoms with Gasteiger partial charge in [0.15, 0.2) is 11.6 Å². The number of thiophene rings is 1. The molecule has 0 fully saturated rings. The number of hydrogen-bond donors (Lipinski definition) is 0. The van der Waals surface area contributed by atoms with Gasteiger partial charge < -0.3 is 14.5 Å². The molecular formula is C29H33FN2O3S. The first kappa shape index (κ1) is 25.9. The molecule has 2 amide bonds. The highest BCUT2D eigenvalue weighted by Crippen LogP contribution is 2.34. The summed E-state index contributed by atoms with van der Waals surface area (Å²) in [6, 6.07) is 15.4. The molecule has 0 aliphatic carbocycles. The molecule has 7 heteroatoms. The number of ether oxygens (including phenoxy) is 1. The molecule has 3 aromatic rings. The summed E-state index contributed by atoms with van der Waals surface area (Å²) in [6.07, 6.45) is 1.56. The normalized spacial score (nSPS) is 15.0. The number of amides is 2. The summed E-state index contributed by atoms with van der Waals surface area (Å²) in [5, 5.41) is 2.02. The van der Waals surface area contributed by atoms with Gasteiger partial charge in [0, 0.05) is 23.5 Å². The van der Waals surface area contributed by atoms with Gasteiger partial charge in [0.2, 0.25) is 5.91 Å². The molecule has 0 saturated carbocycles. The van der Waals surface area contributed by atoms with Crippen LogP contribution in [0.5, 0.6) is 5.75 Å². The molecular weight excluding hydrogens is 475 g/mol. The Hall–Kier alpha value is -3.19. The zero-order valence-electron chi connectivity index (χ0n) is 21.1. The standard InChI is InChI=1S/C29H33FN2O3S/c1-20(2)11-14-31(29(34)22-8-6-7-21(3)17-22)18-28(33)32-15-12-27-23(13-16-36-27)25(32)19-35-26-10-5-4-9-24(26)30/h4-10,13,16-17,20,25H,11-12,14-15,18-19H2,1-3H3. The lowest BCUT2D eigenvalue weighted by molar-refractivity contribution is -0.135. The van der Waals surface area contributed by atoms with E-state index in [1.807, 2.05) is 36.6 Å². The van der Waals surface area contributed by atoms with Crippen LogP contribution in [0.15, 0.2) is 60.0 Å². The van der Waals surface area contributed by atoms with E-state index in [4.69, 9.17) is 4.74 Å². The van der Waals surface area contributed by atoms with Gasteiger partial charge in [-0.05, 0) is 67.0 Å². The smallest absolute Gasteiger partial charge is 0.254 e. The van der Waals surface area contributed by atoms with Crippen molar-refractivity contribution in [1.82, 2.24) is 9.80 Å². The summed E-state index contributed by atoms with van der Waals surface area (Å²) in [7, 11) is 0. The van der Waals surface area contributed by atoms with Gasteiger partial charge in [-0.1, -0.05) is 43.7 Å². The van der Waals surface area contributed by atoms with Crippen molar-refractivity contribution in [2.45, 2.75) is 39.7 Å². The molecule has 1 aromatic heterocycles. The van der Waals surface area contributed by atoms with Crippen molar-refractivity contribution in [3.8, 4) is 5.75 Å². The predicted molar refractivity (Wildman–Crippen MR) is 141 cm³/mol. The van der Waals surface area contributed by atoms with E-state index >= 15 is 0 Å². The van der Waals surface area contributed by atoms with Crippen LogP contribution in [-0.4, -0.2) is 47.9 Å². The second-order valence-electron chi connectivity index (χ2n) is 9.67. The zero-order valence-corrected chi connectivity index (χ0v) is 21.9. The molecule has 5 nitrogen and oxygen atoms in total. The van der Waals surface area contributed by atoms with Crippen LogP contribution in [0.3, 0.4) is 0 Å². The molecule has 2 aromatic carbocycles. The fourth-order valence-electron chi connectivity index (χ4n) is 4.49. The average molecular weight is 509 g/mol. The van der Waals surface area contributed by atoms with Gasteiger partial charge in [-0.2, -0.15) is 0 Å². The van der Waals surface area contributed by atoms with Gasteiger partial charge in [0.1, 0.15) is 13.2 Å². The van der Waals surface area contributed by atoms with Crippen LogP contribution in [0, 0.1) is 18.7 Å². The molecule has 2 heterocycles. The summed E-state index contributed by atoms with van der Waals surface area (Å²) in [5.74, 6) is -0.127. The van der Waals surface area contributed by atoms with Crippen molar-refractivity contribution < 1.29 is 18.7 Å². The number of carbonyl (C=O) groups is 2. The van der Waals surface area contributed by atoms with E-state index in [0.29, 0.717) is 24.6 Å². The molecule has 0 bridgehead atoms. The first-order valence-electron chi connectivity index (χ1n) is 12.4. The van der Waals surface area contributed by atoms with Gasteiger partial charge in [0.25, 0.3) is 5.91 Å². The van der Waals surface area contributed by atoms with Crippen LogP contribution >= 0.6 is 11.3 Å². The van der Waals surface area contributed by atoms with Crippen LogP contribution in [0.1, 0.15) is 52.7 Å². The number of para-hydroxylation sites is 1. The summed E-state index contributed by atoms with van der Waals surface area (Å²) in [5.41, 5.74) is 2.63. The Morgan fingerprint density at radius 2 is 1.97 bits per heavy atom. The third-order valence-electron chi connectivity index (χ3n) is 6.50. The monoisotopic (exact) mass is 508 g/mol. The molecule has 1 aliphatic rings. The minimum absolute atomic E-state index is 0.00480. The summed E-state index contributed by atoms with van der Waals surface area (Å²) >= 11 is 1.66. The number of rotatable bonds is 9. The molecule has 0 spiro atoms. The van der Waals surface area contributed by atoms with Gasteiger partial charge in [-0.25, -0.2) is 4.39 Å². The van der Waals surface area contributed by atoms with Crippen LogP contribution < -0.4 is 4.74 Å². The van der Waals surface area contributed by atoms with E-state index in [-0.39, 0.29) is 36.8 Å². The maximum Gasteiger partial charge on any atom is 0.254 e. The third-order valence-corrected chi connectivity index (χ3v) is 7.50. The lowest BCUT2D eigenvalue weighted by Gasteiger charge is -2.37. The number of aryl methyl sites for hydroxylation is 1. The average Bonchev–Trinajstić information content (AvgIpc) is 3.34. The van der Waals surface area contributed by atoms with Gasteiger partial charge in [-0.15, -0.1) is 11.3 Å². The van der Waals surface area contributed by atoms with Crippen LogP contribution in [0.25, 0.3) is 0 Å². The summed E-state index contributed by atoms with van der Waals surface area (Å²) in [6.45, 7) is 7.35. The first-order valence-corrected chi connectivity index (χ1v) is 13.3. The number of benzene rings is 2. The SMILES string of the molecule is Cc1cccc(C(=O)N(CCC(C)C)CC(=O)N2CCc3sccc3C2COc2ccccc2F)c1. The van der Waals surface area contributed by atoms with E-state index in [9.17, 15) is 14.0 Å². The fraction of sp³-hybridized carbons (Fsp3) is 0.379. The molecule has 190 valence electrons. The van der Waals surface area contributed by atoms with Gasteiger partial charge >= 0.3 is 0 Å². The van der Waals surface area contributed by atoms with Crippen molar-refractivity contribution in [3.05, 3.63) is 87.4 Å². The second kappa shape index (κ2) is 11.7. The Morgan fingerprint density at radius 1 is 1.17 bits per heavy atom. The third kappa shape index (κ3) is 6.13. The minimum Gasteiger partial charge on any atom is -0.488 e. The molecule has 0 radical (unpaired) electrons. The van der Waals surface area contributed by atoms with E-state index in [0.717, 1.165) is 24.0 Å². The predicted octanol–water partition coefficient (Wildman–Crippen LogP) is 5.89. The molecule has 0 saturated heterocycles. The van der Waals surface area contributed by atoms with Crippen molar-refractivity contribution in [2.24, 2.45) is 5.92 Å². The number of hydrogen-bond acceptors (Lipinski definition) is 4. The largest absolute Gasteiger partial charge is 0.488 e. The van der Waals surface area contributed by atoms with Gasteiger partial charge in [0.05, 0.1) is 6.04 Å². The Bertz CT molecular complexity index is 1210. The van der Waals surface area contributed by atoms with E-state index in [2.05, 4.69) is 13.8 Å². The van der Waals surface area contributed by atoms with E-state index in [1.165, 1.54) is 10.9 Å². The van der Waals surface area contributed by atoms with E-state index < -0.39 is 5.82 Å². The molecule has 0 N–H and O–H groups in total. The topological polar surface area (TPSA) is 49.9 Å². The van der Waals surface area contributed by atoms with E-state index in [1.54, 1.807) is 45.4 Å². The molecule has 1 aliphatic heterocycles. The lowest BCUT2D eigenvalue weighted by Crippen LogP contribution is -2.48. The minimum atomic E-state index is -0.430. The van der Waals surface area contributed by atoms with Gasteiger partial charge in [-0.3, -0.25) is 9.59 Å². The second-order valence-corrected chi connectivity index (χ2v) is 10.7. The lowest BCUT2D eigenvalue weighted by atomic mass is 10.00. The number of carbonyl (C=O) groups excluding carboxylic acids is 2. The van der Waals surface area contributed by atoms with Crippen molar-refractivity contribution in [2.75, 3.05) is 26.2 Å². The Labute approximate surface area is 216 Å². The molecule has 1 unspecified atom stereocenters. The highest BCUT2D eigenvalue weighted by atomic mass is 32.1. The van der Waals surface area contributed by atoms with Crippen LogP contribution in [-0.2, 0) is 11.2 Å². The number of nitrogens with zero attached hydrogens (tertiary/aromatic N) is 2. The summed E-state index contributed by atoms with van der Waals surface area (Å²) < 4.78 is 20.0. The summed E-state index contributed by atoms with van der Waals surface area (Å²) in [4.78, 5) is 31.8. The van der Waals surface area contributed by atoms with Crippen molar-refractivity contribution in [3.63, 3.8) is 0 Å². The quantitative estimate of drug-likeness (QED) is 0.362. The zero-order chi connectivity index (χ0) is 25.7. The Morgan fingerprint density at radius 3 is 2.72 bits per heavy atom. The maximum atomic E-state index is 14.2. The number of fused-ring (bicyclic) bond motifs is 1. The maximum absolute atomic E-state index is 14.2. The highest BCUT2D eigenvalue weighted by molar-refractivity contribution is 7.10. The molecule has 36 heavy (non-hydrogen) atoms. The van der Waals surface area contributed by atoms with Crippen molar-refractivity contribution >= 4 is 23.2 Å².